The molecule has 12 rings (SSSR count). The molecule has 702 valence electrons. The molecule has 0 heterocycles. The van der Waals surface area contributed by atoms with Gasteiger partial charge in [0.2, 0.25) is 5.91 Å². The molecule has 0 aromatic carbocycles. The number of carbonyl (C=O) groups excluding carboxylic acids is 4. The summed E-state index contributed by atoms with van der Waals surface area (Å²) in [5.74, 6) is 14.2. The van der Waals surface area contributed by atoms with Gasteiger partial charge in [0.15, 0.2) is 0 Å². The van der Waals surface area contributed by atoms with Gasteiger partial charge in [0.05, 0.1) is 6.04 Å². The predicted molar refractivity (Wildman–Crippen MR) is 505 cm³/mol. The second-order valence-electron chi connectivity index (χ2n) is 46.8. The number of hydrogen-bond acceptors (Lipinski definition) is 13. The van der Waals surface area contributed by atoms with Gasteiger partial charge < -0.3 is 62.5 Å². The second-order valence-corrected chi connectivity index (χ2v) is 46.8. The fourth-order valence-electron chi connectivity index (χ4n) is 31.0. The third-order valence-corrected chi connectivity index (χ3v) is 37.9. The molecule has 9 saturated carbocycles. The summed E-state index contributed by atoms with van der Waals surface area (Å²) >= 11 is 0. The van der Waals surface area contributed by atoms with Crippen LogP contribution in [-0.2, 0) is 19.0 Å². The Morgan fingerprint density at radius 3 is 0.976 bits per heavy atom. The first-order valence-electron chi connectivity index (χ1n) is 52.4. The number of unbranched alkanes of at least 4 members (excludes halogenated alkanes) is 1. The summed E-state index contributed by atoms with van der Waals surface area (Å²) in [6, 6.07) is -0.612. The zero-order valence-corrected chi connectivity index (χ0v) is 81.3. The average molecular weight is 1710 g/mol. The van der Waals surface area contributed by atoms with Crippen molar-refractivity contribution in [3.8, 4) is 0 Å². The highest BCUT2D eigenvalue weighted by molar-refractivity contribution is 5.81. The van der Waals surface area contributed by atoms with Crippen LogP contribution in [0.2, 0.25) is 0 Å². The monoisotopic (exact) mass is 1710 g/mol. The van der Waals surface area contributed by atoms with Gasteiger partial charge in [-0.1, -0.05) is 197 Å². The zero-order valence-electron chi connectivity index (χ0n) is 81.3. The molecule has 12 aliphatic carbocycles. The van der Waals surface area contributed by atoms with Gasteiger partial charge in [0, 0.05) is 45.4 Å². The Morgan fingerprint density at radius 2 is 0.667 bits per heavy atom. The number of rotatable bonds is 45. The lowest BCUT2D eigenvalue weighted by molar-refractivity contribution is -0.122. The second kappa shape index (κ2) is 44.5. The van der Waals surface area contributed by atoms with E-state index in [0.717, 1.165) is 242 Å². The standard InChI is InChI=1S/C106H186N10O7/c1-71(2)26-18-29-74(7)86-39-42-89-83-36-33-77-68-80(45-51-101(77,10)92(83)48-54-104(86,89)13)121-98(118)112-59-23-65-115(64-22-58-110-96(117)95(107)32-21-57-111-97(108)109)62-16-17-63-116(66-24-60-113-99(119)122-81-46-52-102(11)78(69-81)34-37-84-90-43-40-87(75(8)30-19-27-72(3)4)105(90,14)55-49-93(84)102)67-25-61-114-100(120)123-82-47-53-103(12)79(70-82)35-38-85-91-44-41-88(76(9)31-20-28-73(5)6)106(91,15)56-50-94(85)103/h33-35,71-76,80-95,97,111H,16-32,36-70,107-109H2,1-15H3,(H,110,117)(H,112,118)(H,113,119)(H,114,120). The van der Waals surface area contributed by atoms with E-state index in [2.05, 4.69) is 158 Å². The van der Waals surface area contributed by atoms with Gasteiger partial charge in [-0.15, -0.1) is 0 Å². The van der Waals surface area contributed by atoms with E-state index in [9.17, 15) is 19.2 Å². The van der Waals surface area contributed by atoms with E-state index in [-0.39, 0.29) is 58.7 Å². The molecule has 0 spiro atoms. The Balaban J connectivity index is 0.623. The van der Waals surface area contributed by atoms with Crippen LogP contribution >= 0.6 is 0 Å². The van der Waals surface area contributed by atoms with Crippen molar-refractivity contribution in [2.24, 2.45) is 156 Å². The Kier molecular flexibility index (Phi) is 35.5. The lowest BCUT2D eigenvalue weighted by Crippen LogP contribution is -2.51. The average Bonchev–Trinajstić information content (AvgIpc) is 1.66. The molecule has 12 aliphatic rings. The molecule has 25 atom stereocenters. The Morgan fingerprint density at radius 1 is 0.358 bits per heavy atom. The van der Waals surface area contributed by atoms with Gasteiger partial charge in [0.25, 0.3) is 0 Å². The molecule has 0 radical (unpaired) electrons. The van der Waals surface area contributed by atoms with E-state index < -0.39 is 12.3 Å². The Labute approximate surface area is 750 Å². The first kappa shape index (κ1) is 98.3. The quantitative estimate of drug-likeness (QED) is 0.0123. The van der Waals surface area contributed by atoms with E-state index in [1.165, 1.54) is 154 Å². The Hall–Kier alpha value is -3.74. The van der Waals surface area contributed by atoms with Gasteiger partial charge in [-0.05, 0) is 371 Å². The summed E-state index contributed by atoms with van der Waals surface area (Å²) in [7, 11) is 0. The molecule has 11 N–H and O–H groups in total. The molecule has 9 fully saturated rings. The number of carbonyl (C=O) groups is 4. The summed E-state index contributed by atoms with van der Waals surface area (Å²) in [6.07, 6.45) is 53.3. The third-order valence-electron chi connectivity index (χ3n) is 37.9. The topological polar surface area (TPSA) is 241 Å². The summed E-state index contributed by atoms with van der Waals surface area (Å²) in [6.45, 7) is 45.4. The number of allylic oxidation sites excluding steroid dienone is 3. The van der Waals surface area contributed by atoms with E-state index >= 15 is 0 Å². The van der Waals surface area contributed by atoms with Crippen molar-refractivity contribution < 1.29 is 33.4 Å². The van der Waals surface area contributed by atoms with Crippen molar-refractivity contribution in [1.82, 2.24) is 36.4 Å². The zero-order chi connectivity index (χ0) is 88.0. The summed E-state index contributed by atoms with van der Waals surface area (Å²) in [4.78, 5) is 59.6. The molecule has 0 saturated heterocycles. The number of hydrogen-bond donors (Lipinski definition) is 8. The molecule has 0 bridgehead atoms. The van der Waals surface area contributed by atoms with Crippen LogP contribution in [0.4, 0.5) is 14.4 Å². The summed E-state index contributed by atoms with van der Waals surface area (Å²) in [5.41, 5.74) is 24.3. The van der Waals surface area contributed by atoms with Crippen LogP contribution in [-0.4, -0.2) is 137 Å². The van der Waals surface area contributed by atoms with Crippen LogP contribution in [0.5, 0.6) is 0 Å². The summed E-state index contributed by atoms with van der Waals surface area (Å²) in [5, 5.41) is 15.7. The minimum atomic E-state index is -0.612. The van der Waals surface area contributed by atoms with Gasteiger partial charge in [0.1, 0.15) is 24.6 Å². The Bertz CT molecular complexity index is 3320. The van der Waals surface area contributed by atoms with E-state index in [1.54, 1.807) is 16.7 Å². The van der Waals surface area contributed by atoms with Crippen LogP contribution in [0.25, 0.3) is 0 Å². The maximum absolute atomic E-state index is 13.8. The molecule has 0 aromatic heterocycles. The molecule has 17 nitrogen and oxygen atoms in total. The highest BCUT2D eigenvalue weighted by Crippen LogP contribution is 2.71. The molecule has 0 aromatic rings. The third kappa shape index (κ3) is 24.0. The van der Waals surface area contributed by atoms with Gasteiger partial charge in [-0.25, -0.2) is 14.4 Å². The number of amides is 4. The van der Waals surface area contributed by atoms with Crippen molar-refractivity contribution in [3.05, 3.63) is 34.9 Å². The lowest BCUT2D eigenvalue weighted by atomic mass is 9.47. The van der Waals surface area contributed by atoms with E-state index in [4.69, 9.17) is 31.4 Å². The molecule has 0 aliphatic heterocycles. The van der Waals surface area contributed by atoms with Crippen LogP contribution < -0.4 is 43.8 Å². The van der Waals surface area contributed by atoms with E-state index in [0.29, 0.717) is 61.8 Å². The molecule has 123 heavy (non-hydrogen) atoms. The fraction of sp³-hybridized carbons (Fsp3) is 0.906. The highest BCUT2D eigenvalue weighted by Gasteiger charge is 2.63. The van der Waals surface area contributed by atoms with Gasteiger partial charge in [-0.2, -0.15) is 0 Å². The summed E-state index contributed by atoms with van der Waals surface area (Å²) < 4.78 is 19.0. The first-order valence-corrected chi connectivity index (χ1v) is 52.4. The number of ether oxygens (including phenoxy) is 3. The van der Waals surface area contributed by atoms with Crippen molar-refractivity contribution in [3.63, 3.8) is 0 Å². The molecular weight excluding hydrogens is 1530 g/mol. The molecule has 4 amide bonds. The van der Waals surface area contributed by atoms with Gasteiger partial charge >= 0.3 is 18.3 Å². The number of fused-ring (bicyclic) bond motifs is 15. The van der Waals surface area contributed by atoms with Crippen LogP contribution in [0.15, 0.2) is 34.9 Å². The first-order chi connectivity index (χ1) is 58.8. The predicted octanol–water partition coefficient (Wildman–Crippen LogP) is 22.4. The fourth-order valence-corrected chi connectivity index (χ4v) is 31.0. The SMILES string of the molecule is CC(C)CCCC(C)C1CCC2C3CC=C4CC(OC(=O)NCCCN(CCCCN(CCCNC(=O)OC5CCC6(C)C(=CCC7C6CCC6(C)C(C(C)CCCC(C)C)CCC76)C5)CCCNC(=O)C(N)CCCNC(N)N)CCCNC(=O)OC5CCC6(C)C(=CCC7C6CCC6(C)C(C(C)CCCC(C)C)CCC76)C5)CCC4(C)C3CCC12C. The molecular formula is C106H186N10O7. The maximum atomic E-state index is 13.8. The largest absolute Gasteiger partial charge is 0.446 e. The van der Waals surface area contributed by atoms with Crippen LogP contribution in [0.1, 0.15) is 367 Å². The highest BCUT2D eigenvalue weighted by atomic mass is 16.6. The van der Waals surface area contributed by atoms with Crippen molar-refractivity contribution >= 4 is 24.2 Å². The molecule has 17 heteroatoms. The minimum Gasteiger partial charge on any atom is -0.446 e. The van der Waals surface area contributed by atoms with Crippen LogP contribution in [0.3, 0.4) is 0 Å². The van der Waals surface area contributed by atoms with Crippen molar-refractivity contribution in [1.29, 1.82) is 0 Å². The number of nitrogens with two attached hydrogens (primary N) is 3. The smallest absolute Gasteiger partial charge is 0.407 e. The number of alkyl carbamates (subject to hydrolysis) is 3. The number of nitrogens with one attached hydrogen (secondary N) is 5. The number of nitrogens with zero attached hydrogens (tertiary/aromatic N) is 2. The molecule has 25 unspecified atom stereocenters. The van der Waals surface area contributed by atoms with E-state index in [1.807, 2.05) is 0 Å². The minimum absolute atomic E-state index is 0.0982. The van der Waals surface area contributed by atoms with Crippen LogP contribution in [0, 0.1) is 139 Å². The van der Waals surface area contributed by atoms with Crippen molar-refractivity contribution in [2.45, 2.75) is 398 Å². The van der Waals surface area contributed by atoms with Crippen molar-refractivity contribution in [2.75, 3.05) is 72.0 Å². The normalized spacial score (nSPS) is 35.9. The lowest BCUT2D eigenvalue weighted by Gasteiger charge is -2.58. The van der Waals surface area contributed by atoms with Gasteiger partial charge in [-0.3, -0.25) is 10.1 Å². The maximum Gasteiger partial charge on any atom is 0.407 e.